The van der Waals surface area contributed by atoms with Crippen LogP contribution in [0.15, 0.2) is 0 Å². The Morgan fingerprint density at radius 3 is 0.537 bits per heavy atom. The summed E-state index contributed by atoms with van der Waals surface area (Å²) < 4.78 is 0. The molecule has 0 saturated heterocycles. The minimum absolute atomic E-state index is 0.625. The van der Waals surface area contributed by atoms with Gasteiger partial charge in [0.15, 0.2) is 0 Å². The molecule has 0 heterocycles. The van der Waals surface area contributed by atoms with E-state index < -0.39 is 0 Å². The largest absolute Gasteiger partial charge is 0.0654 e. The number of hydrogen-bond donors (Lipinski definition) is 0. The van der Waals surface area contributed by atoms with E-state index >= 15 is 0 Å². The summed E-state index contributed by atoms with van der Waals surface area (Å²) in [7, 11) is 0. The average Bonchev–Trinajstić information content (AvgIpc) is 2.99. The second-order valence-electron chi connectivity index (χ2n) is 14.0. The fraction of sp³-hybridized carbons (Fsp3) is 1.00. The third-order valence-corrected chi connectivity index (χ3v) is 11.7. The van der Waals surface area contributed by atoms with Crippen molar-refractivity contribution in [3.8, 4) is 0 Å². The van der Waals surface area contributed by atoms with Gasteiger partial charge in [0.05, 0.1) is 0 Å². The molecule has 0 unspecified atom stereocenters. The predicted octanol–water partition coefficient (Wildman–Crippen LogP) is 16.4. The first-order valence-corrected chi connectivity index (χ1v) is 19.4. The molecular formula is C41H90. The van der Waals surface area contributed by atoms with Crippen LogP contribution in [0.2, 0.25) is 0 Å². The van der Waals surface area contributed by atoms with Crippen LogP contribution in [-0.4, -0.2) is 0 Å². The van der Waals surface area contributed by atoms with Gasteiger partial charge in [-0.05, 0) is 60.2 Å². The zero-order valence-electron chi connectivity index (χ0n) is 32.8. The van der Waals surface area contributed by atoms with Crippen LogP contribution in [-0.2, 0) is 0 Å². The van der Waals surface area contributed by atoms with E-state index in [0.717, 1.165) is 0 Å². The first-order chi connectivity index (χ1) is 19.4. The molecule has 0 aliphatic heterocycles. The fourth-order valence-electron chi connectivity index (χ4n) is 7.26. The van der Waals surface area contributed by atoms with Crippen molar-refractivity contribution >= 4 is 0 Å². The van der Waals surface area contributed by atoms with Gasteiger partial charge >= 0.3 is 0 Å². The fourth-order valence-corrected chi connectivity index (χ4v) is 7.26. The van der Waals surface area contributed by atoms with E-state index in [1.165, 1.54) is 135 Å². The highest BCUT2D eigenvalue weighted by Gasteiger charge is 2.26. The van der Waals surface area contributed by atoms with Crippen molar-refractivity contribution in [2.45, 2.75) is 246 Å². The molecule has 0 atom stereocenters. The molecule has 0 amide bonds. The smallest absolute Gasteiger partial charge is 0.0298 e. The summed E-state index contributed by atoms with van der Waals surface area (Å²) in [6.07, 6.45) is 28.8. The minimum Gasteiger partial charge on any atom is -0.0654 e. The summed E-state index contributed by atoms with van der Waals surface area (Å²) in [5.74, 6) is 0. The van der Waals surface area contributed by atoms with Crippen molar-refractivity contribution < 1.29 is 0 Å². The lowest BCUT2D eigenvalue weighted by Gasteiger charge is -2.33. The van der Waals surface area contributed by atoms with E-state index in [9.17, 15) is 0 Å². The van der Waals surface area contributed by atoms with Crippen LogP contribution in [0.25, 0.3) is 0 Å². The van der Waals surface area contributed by atoms with Crippen molar-refractivity contribution in [1.29, 1.82) is 0 Å². The Morgan fingerprint density at radius 2 is 0.439 bits per heavy atom. The van der Waals surface area contributed by atoms with Gasteiger partial charge in [0, 0.05) is 0 Å². The van der Waals surface area contributed by atoms with Crippen molar-refractivity contribution in [2.75, 3.05) is 0 Å². The van der Waals surface area contributed by atoms with Crippen LogP contribution < -0.4 is 0 Å². The third kappa shape index (κ3) is 22.2. The maximum absolute atomic E-state index is 2.35. The second-order valence-corrected chi connectivity index (χ2v) is 14.0. The zero-order chi connectivity index (χ0) is 32.8. The molecule has 254 valence electrons. The molecule has 0 rings (SSSR count). The maximum atomic E-state index is 2.35. The summed E-state index contributed by atoms with van der Waals surface area (Å²) in [6.45, 7) is 37.0. The van der Waals surface area contributed by atoms with Gasteiger partial charge in [-0.15, -0.1) is 0 Å². The highest BCUT2D eigenvalue weighted by Crippen LogP contribution is 2.39. The first-order valence-electron chi connectivity index (χ1n) is 19.4. The van der Waals surface area contributed by atoms with Gasteiger partial charge < -0.3 is 0 Å². The van der Waals surface area contributed by atoms with Crippen LogP contribution in [0.1, 0.15) is 246 Å². The van der Waals surface area contributed by atoms with Crippen molar-refractivity contribution in [1.82, 2.24) is 0 Å². The molecule has 0 aromatic rings. The quantitative estimate of drug-likeness (QED) is 0.126. The number of hydrogen-bond acceptors (Lipinski definition) is 0. The summed E-state index contributed by atoms with van der Waals surface area (Å²) in [4.78, 5) is 0. The van der Waals surface area contributed by atoms with Crippen LogP contribution in [0.3, 0.4) is 0 Å². The van der Waals surface area contributed by atoms with E-state index in [-0.39, 0.29) is 0 Å². The van der Waals surface area contributed by atoms with E-state index in [1.807, 2.05) is 0 Å². The van der Waals surface area contributed by atoms with Crippen LogP contribution >= 0.6 is 0 Å². The molecule has 41 heavy (non-hydrogen) atoms. The Hall–Kier alpha value is 0. The lowest BCUT2D eigenvalue weighted by molar-refractivity contribution is 0.190. The Morgan fingerprint density at radius 1 is 0.244 bits per heavy atom. The molecule has 0 aromatic carbocycles. The Bertz CT molecular complexity index is 411. The van der Waals surface area contributed by atoms with Crippen LogP contribution in [0.4, 0.5) is 0 Å². The van der Waals surface area contributed by atoms with Gasteiger partial charge in [0.2, 0.25) is 0 Å². The molecule has 0 bridgehead atoms. The zero-order valence-corrected chi connectivity index (χ0v) is 32.8. The molecular weight excluding hydrogens is 492 g/mol. The van der Waals surface area contributed by atoms with E-state index in [1.54, 1.807) is 0 Å². The molecule has 0 radical (unpaired) electrons. The Labute approximate surface area is 266 Å². The minimum atomic E-state index is 0.625. The highest BCUT2D eigenvalue weighted by atomic mass is 14.3. The number of rotatable bonds is 21. The summed E-state index contributed by atoms with van der Waals surface area (Å²) in [6, 6.07) is 0. The van der Waals surface area contributed by atoms with Gasteiger partial charge in [0.25, 0.3) is 0 Å². The van der Waals surface area contributed by atoms with Gasteiger partial charge in [-0.3, -0.25) is 0 Å². The molecule has 0 saturated carbocycles. The molecule has 0 heteroatoms. The maximum Gasteiger partial charge on any atom is -0.0298 e. The highest BCUT2D eigenvalue weighted by molar-refractivity contribution is 4.78. The SMILES string of the molecule is CCC(C)(CC)CC.CCC(CC)(CC)CC.CCCC(CC)(CC)CCC.CCCC(CCC)(CCC)CCC. The van der Waals surface area contributed by atoms with Crippen LogP contribution in [0, 0.1) is 21.7 Å². The summed E-state index contributed by atoms with van der Waals surface area (Å²) in [5.41, 5.74) is 2.68. The normalized spacial score (nSPS) is 12.0. The summed E-state index contributed by atoms with van der Waals surface area (Å²) in [5, 5.41) is 0. The van der Waals surface area contributed by atoms with Gasteiger partial charge in [-0.25, -0.2) is 0 Å². The lowest BCUT2D eigenvalue weighted by atomic mass is 9.72. The van der Waals surface area contributed by atoms with Crippen molar-refractivity contribution in [2.24, 2.45) is 21.7 Å². The van der Waals surface area contributed by atoms with Crippen molar-refractivity contribution in [3.63, 3.8) is 0 Å². The molecule has 0 aliphatic carbocycles. The third-order valence-electron chi connectivity index (χ3n) is 11.7. The standard InChI is InChI=1S/C13H28.C11H24.C9H20.C8H18/c1-5-9-13(10-6-2,11-7-3)12-8-4;1-5-9-11(7-3,8-4)10-6-2;1-5-9(6-2,7-3)8-4;1-5-8(4,6-2)7-3/h5-12H2,1-4H3;5-10H2,1-4H3;5-8H2,1-4H3;5-7H2,1-4H3. The molecule has 0 spiro atoms. The second kappa shape index (κ2) is 30.0. The Balaban J connectivity index is -0.000000226. The van der Waals surface area contributed by atoms with Gasteiger partial charge in [-0.1, -0.05) is 207 Å². The molecule has 0 nitrogen and oxygen atoms in total. The average molecular weight is 583 g/mol. The topological polar surface area (TPSA) is 0 Å². The molecule has 0 N–H and O–H groups in total. The van der Waals surface area contributed by atoms with E-state index in [2.05, 4.69) is 111 Å². The van der Waals surface area contributed by atoms with Crippen LogP contribution in [0.5, 0.6) is 0 Å². The summed E-state index contributed by atoms with van der Waals surface area (Å²) >= 11 is 0. The van der Waals surface area contributed by atoms with E-state index in [0.29, 0.717) is 21.7 Å². The van der Waals surface area contributed by atoms with E-state index in [4.69, 9.17) is 0 Å². The van der Waals surface area contributed by atoms with Gasteiger partial charge in [-0.2, -0.15) is 0 Å². The lowest BCUT2D eigenvalue weighted by Crippen LogP contribution is -2.20. The Kier molecular flexibility index (Phi) is 35.1. The molecule has 0 aromatic heterocycles. The monoisotopic (exact) mass is 583 g/mol. The predicted molar refractivity (Wildman–Crippen MR) is 197 cm³/mol. The first kappa shape index (κ1) is 47.9. The molecule has 0 aliphatic rings. The molecule has 0 fully saturated rings. The van der Waals surface area contributed by atoms with Gasteiger partial charge in [0.1, 0.15) is 0 Å². The van der Waals surface area contributed by atoms with Crippen molar-refractivity contribution in [3.05, 3.63) is 0 Å².